The van der Waals surface area contributed by atoms with E-state index in [9.17, 15) is 9.59 Å². The van der Waals surface area contributed by atoms with Gasteiger partial charge >= 0.3 is 0 Å². The van der Waals surface area contributed by atoms with E-state index < -0.39 is 0 Å². The number of aliphatic hydroxyl groups excluding tert-OH is 1. The van der Waals surface area contributed by atoms with Gasteiger partial charge in [-0.05, 0) is 43.3 Å². The van der Waals surface area contributed by atoms with Crippen molar-refractivity contribution in [3.8, 4) is 0 Å². The number of carbonyl (C=O) groups is 2. The molecule has 2 amide bonds. The van der Waals surface area contributed by atoms with Crippen LogP contribution in [0.3, 0.4) is 0 Å². The second kappa shape index (κ2) is 7.56. The van der Waals surface area contributed by atoms with Crippen LogP contribution >= 0.6 is 0 Å². The van der Waals surface area contributed by atoms with Crippen LogP contribution in [-0.2, 0) is 0 Å². The number of nitrogens with zero attached hydrogens (tertiary/aromatic N) is 1. The molecular formula is C18H20N2O3. The van der Waals surface area contributed by atoms with Crippen LogP contribution in [0.15, 0.2) is 54.6 Å². The number of carbonyl (C=O) groups excluding carboxylic acids is 2. The smallest absolute Gasteiger partial charge is 0.258 e. The summed E-state index contributed by atoms with van der Waals surface area (Å²) in [6.45, 7) is 1.59. The second-order valence-electron chi connectivity index (χ2n) is 5.33. The summed E-state index contributed by atoms with van der Waals surface area (Å²) in [5, 5.41) is 11.6. The molecule has 2 rings (SSSR count). The zero-order valence-corrected chi connectivity index (χ0v) is 13.2. The van der Waals surface area contributed by atoms with Crippen LogP contribution in [0.5, 0.6) is 0 Å². The molecule has 120 valence electrons. The molecule has 0 heterocycles. The monoisotopic (exact) mass is 312 g/mol. The van der Waals surface area contributed by atoms with Crippen molar-refractivity contribution >= 4 is 17.5 Å². The number of anilines is 1. The summed E-state index contributed by atoms with van der Waals surface area (Å²) in [7, 11) is 1.71. The summed E-state index contributed by atoms with van der Waals surface area (Å²) in [6, 6.07) is 15.5. The summed E-state index contributed by atoms with van der Waals surface area (Å²) < 4.78 is 0. The number of benzene rings is 2. The molecule has 0 bridgehead atoms. The maximum absolute atomic E-state index is 12.4. The van der Waals surface area contributed by atoms with E-state index in [0.717, 1.165) is 5.69 Å². The second-order valence-corrected chi connectivity index (χ2v) is 5.33. The number of rotatable bonds is 5. The van der Waals surface area contributed by atoms with Crippen LogP contribution in [0.25, 0.3) is 0 Å². The van der Waals surface area contributed by atoms with Crippen molar-refractivity contribution in [3.63, 3.8) is 0 Å². The predicted molar refractivity (Wildman–Crippen MR) is 89.6 cm³/mol. The first kappa shape index (κ1) is 16.7. The molecule has 2 aromatic rings. The fourth-order valence-electron chi connectivity index (χ4n) is 2.08. The minimum Gasteiger partial charge on any atom is -0.394 e. The van der Waals surface area contributed by atoms with Crippen molar-refractivity contribution in [2.45, 2.75) is 13.0 Å². The highest BCUT2D eigenvalue weighted by molar-refractivity contribution is 6.06. The van der Waals surface area contributed by atoms with Crippen molar-refractivity contribution in [3.05, 3.63) is 65.7 Å². The van der Waals surface area contributed by atoms with E-state index in [0.29, 0.717) is 11.1 Å². The standard InChI is InChI=1S/C18H20N2O3/c1-13(12-21)19-17(22)14-8-10-15(11-9-14)18(23)20(2)16-6-4-3-5-7-16/h3-11,13,21H,12H2,1-2H3,(H,19,22). The van der Waals surface area contributed by atoms with Gasteiger partial charge in [-0.15, -0.1) is 0 Å². The lowest BCUT2D eigenvalue weighted by Crippen LogP contribution is -2.35. The van der Waals surface area contributed by atoms with E-state index >= 15 is 0 Å². The highest BCUT2D eigenvalue weighted by Gasteiger charge is 2.14. The first-order valence-corrected chi connectivity index (χ1v) is 7.38. The van der Waals surface area contributed by atoms with Gasteiger partial charge in [0.15, 0.2) is 0 Å². The molecule has 0 fully saturated rings. The molecule has 5 nitrogen and oxygen atoms in total. The molecule has 0 aromatic heterocycles. The Balaban J connectivity index is 2.10. The quantitative estimate of drug-likeness (QED) is 0.888. The number of hydrogen-bond donors (Lipinski definition) is 2. The Kier molecular flexibility index (Phi) is 5.49. The van der Waals surface area contributed by atoms with Crippen molar-refractivity contribution in [1.29, 1.82) is 0 Å². The van der Waals surface area contributed by atoms with Gasteiger partial charge in [-0.3, -0.25) is 9.59 Å². The molecule has 23 heavy (non-hydrogen) atoms. The van der Waals surface area contributed by atoms with Crippen molar-refractivity contribution in [1.82, 2.24) is 5.32 Å². The number of hydrogen-bond acceptors (Lipinski definition) is 3. The fourth-order valence-corrected chi connectivity index (χ4v) is 2.08. The summed E-state index contributed by atoms with van der Waals surface area (Å²) in [4.78, 5) is 25.9. The van der Waals surface area contributed by atoms with E-state index in [-0.39, 0.29) is 24.5 Å². The van der Waals surface area contributed by atoms with Gasteiger partial charge in [-0.1, -0.05) is 18.2 Å². The predicted octanol–water partition coefficient (Wildman–Crippen LogP) is 2.07. The van der Waals surface area contributed by atoms with Gasteiger partial charge in [0.1, 0.15) is 0 Å². The average molecular weight is 312 g/mol. The largest absolute Gasteiger partial charge is 0.394 e. The Morgan fingerprint density at radius 1 is 1.04 bits per heavy atom. The maximum atomic E-state index is 12.4. The number of para-hydroxylation sites is 1. The SMILES string of the molecule is CC(CO)NC(=O)c1ccc(C(=O)N(C)c2ccccc2)cc1. The first-order valence-electron chi connectivity index (χ1n) is 7.38. The maximum Gasteiger partial charge on any atom is 0.258 e. The zero-order valence-electron chi connectivity index (χ0n) is 13.2. The zero-order chi connectivity index (χ0) is 16.8. The van der Waals surface area contributed by atoms with Crippen molar-refractivity contribution in [2.24, 2.45) is 0 Å². The van der Waals surface area contributed by atoms with Gasteiger partial charge in [-0.25, -0.2) is 0 Å². The van der Waals surface area contributed by atoms with Gasteiger partial charge in [-0.2, -0.15) is 0 Å². The molecule has 0 radical (unpaired) electrons. The summed E-state index contributed by atoms with van der Waals surface area (Å²) in [6.07, 6.45) is 0. The molecule has 0 aliphatic heterocycles. The van der Waals surface area contributed by atoms with Crippen molar-refractivity contribution in [2.75, 3.05) is 18.6 Å². The third-order valence-corrected chi connectivity index (χ3v) is 3.49. The first-order chi connectivity index (χ1) is 11.0. The average Bonchev–Trinajstić information content (AvgIpc) is 2.61. The lowest BCUT2D eigenvalue weighted by molar-refractivity contribution is 0.0920. The lowest BCUT2D eigenvalue weighted by Gasteiger charge is -2.17. The van der Waals surface area contributed by atoms with Crippen LogP contribution in [0.2, 0.25) is 0 Å². The van der Waals surface area contributed by atoms with Crippen LogP contribution < -0.4 is 10.2 Å². The molecule has 5 heteroatoms. The number of nitrogens with one attached hydrogen (secondary N) is 1. The Morgan fingerprint density at radius 3 is 2.17 bits per heavy atom. The third kappa shape index (κ3) is 4.17. The van der Waals surface area contributed by atoms with Crippen LogP contribution in [0, 0.1) is 0 Å². The molecule has 2 N–H and O–H groups in total. The van der Waals surface area contributed by atoms with Gasteiger partial charge in [0.25, 0.3) is 11.8 Å². The molecule has 0 saturated heterocycles. The minimum atomic E-state index is -0.312. The van der Waals surface area contributed by atoms with E-state index in [2.05, 4.69) is 5.32 Å². The van der Waals surface area contributed by atoms with Gasteiger partial charge < -0.3 is 15.3 Å². The normalized spacial score (nSPS) is 11.6. The lowest BCUT2D eigenvalue weighted by atomic mass is 10.1. The number of aliphatic hydroxyl groups is 1. The van der Waals surface area contributed by atoms with E-state index in [1.807, 2.05) is 30.3 Å². The van der Waals surface area contributed by atoms with Crippen LogP contribution in [-0.4, -0.2) is 36.6 Å². The molecule has 0 spiro atoms. The minimum absolute atomic E-state index is 0.121. The van der Waals surface area contributed by atoms with Gasteiger partial charge in [0, 0.05) is 29.9 Å². The van der Waals surface area contributed by atoms with E-state index in [4.69, 9.17) is 5.11 Å². The van der Waals surface area contributed by atoms with Gasteiger partial charge in [0.05, 0.1) is 6.61 Å². The Hall–Kier alpha value is -2.66. The topological polar surface area (TPSA) is 69.6 Å². The molecular weight excluding hydrogens is 292 g/mol. The summed E-state index contributed by atoms with van der Waals surface area (Å²) >= 11 is 0. The van der Waals surface area contributed by atoms with E-state index in [1.54, 1.807) is 43.1 Å². The number of amides is 2. The molecule has 0 aliphatic carbocycles. The Bertz CT molecular complexity index is 668. The highest BCUT2D eigenvalue weighted by Crippen LogP contribution is 2.15. The van der Waals surface area contributed by atoms with E-state index in [1.165, 1.54) is 0 Å². The molecule has 0 saturated carbocycles. The summed E-state index contributed by atoms with van der Waals surface area (Å²) in [5.41, 5.74) is 1.75. The van der Waals surface area contributed by atoms with Crippen LogP contribution in [0.4, 0.5) is 5.69 Å². The van der Waals surface area contributed by atoms with Crippen molar-refractivity contribution < 1.29 is 14.7 Å². The van der Waals surface area contributed by atoms with Crippen LogP contribution in [0.1, 0.15) is 27.6 Å². The van der Waals surface area contributed by atoms with Gasteiger partial charge in [0.2, 0.25) is 0 Å². The third-order valence-electron chi connectivity index (χ3n) is 3.49. The Morgan fingerprint density at radius 2 is 1.61 bits per heavy atom. The Labute approximate surface area is 135 Å². The molecule has 1 unspecified atom stereocenters. The molecule has 2 aromatic carbocycles. The fraction of sp³-hybridized carbons (Fsp3) is 0.222. The molecule has 0 aliphatic rings. The summed E-state index contributed by atoms with van der Waals surface area (Å²) in [5.74, 6) is -0.422. The molecule has 1 atom stereocenters. The highest BCUT2D eigenvalue weighted by atomic mass is 16.3.